The monoisotopic (exact) mass is 362 g/mol. The lowest BCUT2D eigenvalue weighted by Gasteiger charge is -2.15. The zero-order valence-corrected chi connectivity index (χ0v) is 15.7. The van der Waals surface area contributed by atoms with Gasteiger partial charge >= 0.3 is 0 Å². The van der Waals surface area contributed by atoms with E-state index in [1.54, 1.807) is 18.3 Å². The van der Waals surface area contributed by atoms with Gasteiger partial charge in [0.15, 0.2) is 11.5 Å². The van der Waals surface area contributed by atoms with Gasteiger partial charge in [0, 0.05) is 11.8 Å². The van der Waals surface area contributed by atoms with E-state index in [-0.39, 0.29) is 5.91 Å². The number of methoxy groups -OCH3 is 1. The van der Waals surface area contributed by atoms with Gasteiger partial charge in [0.05, 0.1) is 18.7 Å². The first-order valence-corrected chi connectivity index (χ1v) is 8.53. The third-order valence-electron chi connectivity index (χ3n) is 3.67. The molecule has 25 heavy (non-hydrogen) atoms. The summed E-state index contributed by atoms with van der Waals surface area (Å²) >= 11 is 6.31. The Kier molecular flexibility index (Phi) is 6.65. The van der Waals surface area contributed by atoms with E-state index in [0.717, 1.165) is 12.0 Å². The van der Waals surface area contributed by atoms with E-state index in [4.69, 9.17) is 21.1 Å². The highest BCUT2D eigenvalue weighted by molar-refractivity contribution is 6.32. The Hall–Kier alpha value is -2.27. The molecule has 1 amide bonds. The number of benzene rings is 1. The molecule has 1 N–H and O–H groups in total. The summed E-state index contributed by atoms with van der Waals surface area (Å²) in [4.78, 5) is 16.7. The fourth-order valence-electron chi connectivity index (χ4n) is 2.18. The number of rotatable bonds is 7. The molecule has 0 aliphatic heterocycles. The maximum Gasteiger partial charge on any atom is 0.257 e. The Bertz CT molecular complexity index is 747. The van der Waals surface area contributed by atoms with Gasteiger partial charge in [0.1, 0.15) is 5.82 Å². The zero-order chi connectivity index (χ0) is 18.4. The van der Waals surface area contributed by atoms with Crippen LogP contribution in [0.25, 0.3) is 0 Å². The van der Waals surface area contributed by atoms with Crippen molar-refractivity contribution in [3.05, 3.63) is 46.6 Å². The molecule has 2 rings (SSSR count). The predicted octanol–water partition coefficient (Wildman–Crippen LogP) is 4.73. The molecular weight excluding hydrogens is 340 g/mol. The molecule has 0 saturated heterocycles. The number of nitrogens with zero attached hydrogens (tertiary/aromatic N) is 1. The molecule has 134 valence electrons. The van der Waals surface area contributed by atoms with Crippen LogP contribution in [0.3, 0.4) is 0 Å². The van der Waals surface area contributed by atoms with Crippen molar-refractivity contribution in [2.45, 2.75) is 27.2 Å². The van der Waals surface area contributed by atoms with Crippen molar-refractivity contribution in [3.63, 3.8) is 0 Å². The van der Waals surface area contributed by atoms with Crippen molar-refractivity contribution in [1.29, 1.82) is 0 Å². The summed E-state index contributed by atoms with van der Waals surface area (Å²) in [6.07, 6.45) is 2.53. The van der Waals surface area contributed by atoms with Crippen LogP contribution in [0.15, 0.2) is 30.5 Å². The van der Waals surface area contributed by atoms with Crippen molar-refractivity contribution >= 4 is 23.3 Å². The van der Waals surface area contributed by atoms with Gasteiger partial charge in [0.2, 0.25) is 0 Å². The highest BCUT2D eigenvalue weighted by Gasteiger charge is 2.17. The molecule has 5 nitrogen and oxygen atoms in total. The van der Waals surface area contributed by atoms with Crippen LogP contribution in [0, 0.1) is 12.8 Å². The van der Waals surface area contributed by atoms with Gasteiger partial charge < -0.3 is 14.8 Å². The van der Waals surface area contributed by atoms with Crippen LogP contribution in [0.2, 0.25) is 5.02 Å². The van der Waals surface area contributed by atoms with E-state index in [2.05, 4.69) is 24.1 Å². The summed E-state index contributed by atoms with van der Waals surface area (Å²) in [6, 6.07) is 6.88. The summed E-state index contributed by atoms with van der Waals surface area (Å²) in [5, 5.41) is 3.12. The van der Waals surface area contributed by atoms with E-state index in [1.807, 2.05) is 19.1 Å². The number of anilines is 1. The SMILES string of the molecule is COc1cc(C(=O)Nc2ncccc2C)cc(Cl)c1OCCC(C)C. The normalized spacial score (nSPS) is 10.6. The molecule has 0 aliphatic rings. The minimum atomic E-state index is -0.310. The molecular formula is C19H23ClN2O3. The van der Waals surface area contributed by atoms with Crippen LogP contribution in [0.5, 0.6) is 11.5 Å². The predicted molar refractivity (Wildman–Crippen MR) is 99.9 cm³/mol. The van der Waals surface area contributed by atoms with Crippen LogP contribution >= 0.6 is 11.6 Å². The second-order valence-corrected chi connectivity index (χ2v) is 6.55. The summed E-state index contributed by atoms with van der Waals surface area (Å²) < 4.78 is 11.1. The Balaban J connectivity index is 2.20. The first kappa shape index (κ1) is 19.1. The minimum absolute atomic E-state index is 0.310. The molecule has 0 unspecified atom stereocenters. The van der Waals surface area contributed by atoms with Gasteiger partial charge in [-0.25, -0.2) is 4.98 Å². The van der Waals surface area contributed by atoms with Crippen LogP contribution in [0.4, 0.5) is 5.82 Å². The summed E-state index contributed by atoms with van der Waals surface area (Å²) in [6.45, 7) is 6.65. The fraction of sp³-hybridized carbons (Fsp3) is 0.368. The lowest BCUT2D eigenvalue weighted by atomic mass is 10.1. The number of hydrogen-bond acceptors (Lipinski definition) is 4. The zero-order valence-electron chi connectivity index (χ0n) is 14.9. The van der Waals surface area contributed by atoms with Gasteiger partial charge in [-0.2, -0.15) is 0 Å². The van der Waals surface area contributed by atoms with Crippen LogP contribution in [-0.4, -0.2) is 24.6 Å². The Morgan fingerprint density at radius 3 is 2.76 bits per heavy atom. The van der Waals surface area contributed by atoms with Gasteiger partial charge in [-0.1, -0.05) is 31.5 Å². The Morgan fingerprint density at radius 1 is 1.36 bits per heavy atom. The number of nitrogens with one attached hydrogen (secondary N) is 1. The molecule has 1 aromatic heterocycles. The molecule has 1 heterocycles. The lowest BCUT2D eigenvalue weighted by Crippen LogP contribution is -2.14. The van der Waals surface area contributed by atoms with E-state index in [1.165, 1.54) is 7.11 Å². The number of aryl methyl sites for hydroxylation is 1. The van der Waals surface area contributed by atoms with E-state index < -0.39 is 0 Å². The second-order valence-electron chi connectivity index (χ2n) is 6.14. The second kappa shape index (κ2) is 8.72. The highest BCUT2D eigenvalue weighted by Crippen LogP contribution is 2.36. The maximum atomic E-state index is 12.5. The molecule has 1 aromatic carbocycles. The largest absolute Gasteiger partial charge is 0.493 e. The molecule has 6 heteroatoms. The number of amides is 1. The number of aromatic nitrogens is 1. The van der Waals surface area contributed by atoms with E-state index in [9.17, 15) is 4.79 Å². The number of carbonyl (C=O) groups is 1. The standard InChI is InChI=1S/C19H23ClN2O3/c1-12(2)7-9-25-17-15(20)10-14(11-16(17)24-4)19(23)22-18-13(3)6-5-8-21-18/h5-6,8,10-12H,7,9H2,1-4H3,(H,21,22,23). The molecule has 0 spiro atoms. The van der Waals surface area contributed by atoms with Crippen molar-refractivity contribution in [2.24, 2.45) is 5.92 Å². The highest BCUT2D eigenvalue weighted by atomic mass is 35.5. The van der Waals surface area contributed by atoms with Gasteiger partial charge in [-0.05, 0) is 43.0 Å². The average Bonchev–Trinajstić information content (AvgIpc) is 2.57. The molecule has 0 bridgehead atoms. The first-order valence-electron chi connectivity index (χ1n) is 8.15. The third-order valence-corrected chi connectivity index (χ3v) is 3.96. The molecule has 0 aliphatic carbocycles. The van der Waals surface area contributed by atoms with Gasteiger partial charge in [-0.15, -0.1) is 0 Å². The quantitative estimate of drug-likeness (QED) is 0.773. The fourth-order valence-corrected chi connectivity index (χ4v) is 2.45. The van der Waals surface area contributed by atoms with Crippen molar-refractivity contribution in [3.8, 4) is 11.5 Å². The van der Waals surface area contributed by atoms with Crippen LogP contribution in [-0.2, 0) is 0 Å². The van der Waals surface area contributed by atoms with Crippen molar-refractivity contribution < 1.29 is 14.3 Å². The molecule has 0 saturated carbocycles. The summed E-state index contributed by atoms with van der Waals surface area (Å²) in [5.74, 6) is 1.61. The van der Waals surface area contributed by atoms with Crippen LogP contribution < -0.4 is 14.8 Å². The van der Waals surface area contributed by atoms with Gasteiger partial charge in [-0.3, -0.25) is 4.79 Å². The first-order chi connectivity index (χ1) is 11.9. The number of carbonyl (C=O) groups excluding carboxylic acids is 1. The topological polar surface area (TPSA) is 60.5 Å². The average molecular weight is 363 g/mol. The summed E-state index contributed by atoms with van der Waals surface area (Å²) in [5.41, 5.74) is 1.26. The molecule has 0 fully saturated rings. The van der Waals surface area contributed by atoms with Crippen LogP contribution in [0.1, 0.15) is 36.2 Å². The Labute approximate surface area is 153 Å². The number of ether oxygens (including phenoxy) is 2. The molecule has 0 radical (unpaired) electrons. The number of hydrogen-bond donors (Lipinski definition) is 1. The minimum Gasteiger partial charge on any atom is -0.493 e. The van der Waals surface area contributed by atoms with Crippen molar-refractivity contribution in [2.75, 3.05) is 19.0 Å². The molecule has 0 atom stereocenters. The Morgan fingerprint density at radius 2 is 2.12 bits per heavy atom. The number of halogens is 1. The summed E-state index contributed by atoms with van der Waals surface area (Å²) in [7, 11) is 1.52. The molecule has 2 aromatic rings. The number of pyridine rings is 1. The lowest BCUT2D eigenvalue weighted by molar-refractivity contribution is 0.102. The smallest absolute Gasteiger partial charge is 0.257 e. The third kappa shape index (κ3) is 5.10. The van der Waals surface area contributed by atoms with Gasteiger partial charge in [0.25, 0.3) is 5.91 Å². The van der Waals surface area contributed by atoms with Crippen molar-refractivity contribution in [1.82, 2.24) is 4.98 Å². The maximum absolute atomic E-state index is 12.5. The van der Waals surface area contributed by atoms with E-state index >= 15 is 0 Å². The van der Waals surface area contributed by atoms with E-state index in [0.29, 0.717) is 40.4 Å².